The van der Waals surface area contributed by atoms with Gasteiger partial charge in [0.05, 0.1) is 12.6 Å². The number of hydrogen-bond acceptors (Lipinski definition) is 3. The lowest BCUT2D eigenvalue weighted by atomic mass is 10.2. The Morgan fingerprint density at radius 3 is 3.31 bits per heavy atom. The Balaban J connectivity index is 2.05. The van der Waals surface area contributed by atoms with Crippen LogP contribution in [0.4, 0.5) is 4.79 Å². The Kier molecular flexibility index (Phi) is 2.82. The van der Waals surface area contributed by atoms with Crippen molar-refractivity contribution in [3.05, 3.63) is 11.8 Å². The van der Waals surface area contributed by atoms with Gasteiger partial charge in [-0.25, -0.2) is 4.79 Å². The van der Waals surface area contributed by atoms with Crippen LogP contribution < -0.4 is 5.32 Å². The summed E-state index contributed by atoms with van der Waals surface area (Å²) in [6.07, 6.45) is 7.76. The molecule has 1 atom stereocenters. The molecule has 2 saturated heterocycles. The van der Waals surface area contributed by atoms with E-state index in [1.807, 2.05) is 0 Å². The first kappa shape index (κ1) is 10.6. The number of nitrogens with zero attached hydrogens (tertiary/aromatic N) is 1. The van der Waals surface area contributed by atoms with E-state index in [0.29, 0.717) is 12.3 Å². The Morgan fingerprint density at radius 1 is 1.75 bits per heavy atom. The molecule has 5 nitrogen and oxygen atoms in total. The van der Waals surface area contributed by atoms with Crippen LogP contribution in [0.25, 0.3) is 0 Å². The van der Waals surface area contributed by atoms with Gasteiger partial charge >= 0.3 is 6.09 Å². The number of carbonyl (C=O) groups is 2. The molecule has 0 aliphatic carbocycles. The summed E-state index contributed by atoms with van der Waals surface area (Å²) in [5.74, 6) is 2.40. The first-order chi connectivity index (χ1) is 7.72. The van der Waals surface area contributed by atoms with Crippen LogP contribution in [0.1, 0.15) is 12.8 Å². The molecule has 2 rings (SSSR count). The second-order valence-electron chi connectivity index (χ2n) is 3.69. The molecule has 2 fully saturated rings. The molecule has 1 N–H and O–H groups in total. The Morgan fingerprint density at radius 2 is 2.56 bits per heavy atom. The summed E-state index contributed by atoms with van der Waals surface area (Å²) in [6.45, 7) is 0.873. The lowest BCUT2D eigenvalue weighted by molar-refractivity contribution is -0.116. The van der Waals surface area contributed by atoms with Crippen molar-refractivity contribution >= 4 is 12.0 Å². The Bertz CT molecular complexity index is 395. The van der Waals surface area contributed by atoms with Gasteiger partial charge in [-0.1, -0.05) is 5.92 Å². The summed E-state index contributed by atoms with van der Waals surface area (Å²) >= 11 is 0. The largest absolute Gasteiger partial charge is 0.415 e. The molecule has 0 spiro atoms. The average molecular weight is 220 g/mol. The maximum atomic E-state index is 11.4. The van der Waals surface area contributed by atoms with Crippen molar-refractivity contribution in [2.24, 2.45) is 0 Å². The van der Waals surface area contributed by atoms with E-state index in [1.165, 1.54) is 6.08 Å². The van der Waals surface area contributed by atoms with Gasteiger partial charge in [0.15, 0.2) is 0 Å². The first-order valence-corrected chi connectivity index (χ1v) is 5.13. The van der Waals surface area contributed by atoms with Crippen LogP contribution in [-0.4, -0.2) is 36.0 Å². The third-order valence-electron chi connectivity index (χ3n) is 2.66. The SMILES string of the molecule is C#CCNC(=O)/C=C1\OC(=O)N2CCC[C@@H]12. The van der Waals surface area contributed by atoms with E-state index in [2.05, 4.69) is 11.2 Å². The highest BCUT2D eigenvalue weighted by Gasteiger charge is 2.41. The Hall–Kier alpha value is -1.96. The zero-order chi connectivity index (χ0) is 11.5. The minimum atomic E-state index is -0.363. The standard InChI is InChI=1S/C11H12N2O3/c1-2-5-12-10(14)7-9-8-4-3-6-13(8)11(15)16-9/h1,7-8H,3-6H2,(H,12,14)/b9-7-/t8-/m0/s1. The van der Waals surface area contributed by atoms with Gasteiger partial charge in [-0.2, -0.15) is 0 Å². The molecule has 84 valence electrons. The fourth-order valence-corrected chi connectivity index (χ4v) is 1.95. The van der Waals surface area contributed by atoms with Crippen LogP contribution in [0.5, 0.6) is 0 Å². The van der Waals surface area contributed by atoms with Crippen molar-refractivity contribution in [3.63, 3.8) is 0 Å². The summed E-state index contributed by atoms with van der Waals surface area (Å²) < 4.78 is 5.01. The van der Waals surface area contributed by atoms with Gasteiger partial charge < -0.3 is 10.1 Å². The molecule has 2 aliphatic rings. The first-order valence-electron chi connectivity index (χ1n) is 5.13. The molecule has 2 amide bonds. The number of amides is 2. The highest BCUT2D eigenvalue weighted by Crippen LogP contribution is 2.31. The van der Waals surface area contributed by atoms with E-state index >= 15 is 0 Å². The fraction of sp³-hybridized carbons (Fsp3) is 0.455. The number of fused-ring (bicyclic) bond motifs is 1. The minimum absolute atomic E-state index is 0.0657. The number of ether oxygens (including phenoxy) is 1. The van der Waals surface area contributed by atoms with E-state index < -0.39 is 0 Å². The molecule has 0 radical (unpaired) electrons. The molecule has 0 saturated carbocycles. The van der Waals surface area contributed by atoms with Crippen molar-refractivity contribution in [2.75, 3.05) is 13.1 Å². The number of terminal acetylenes is 1. The molecule has 0 aromatic rings. The van der Waals surface area contributed by atoms with E-state index in [1.54, 1.807) is 4.90 Å². The maximum absolute atomic E-state index is 11.4. The summed E-state index contributed by atoms with van der Waals surface area (Å²) in [6, 6.07) is -0.0657. The molecule has 0 aromatic carbocycles. The molecule has 2 aliphatic heterocycles. The lowest BCUT2D eigenvalue weighted by Gasteiger charge is -2.09. The topological polar surface area (TPSA) is 58.6 Å². The van der Waals surface area contributed by atoms with Crippen LogP contribution in [0, 0.1) is 12.3 Å². The average Bonchev–Trinajstić information content (AvgIpc) is 2.82. The minimum Gasteiger partial charge on any atom is -0.412 e. The molecule has 16 heavy (non-hydrogen) atoms. The number of cyclic esters (lactones) is 1. The van der Waals surface area contributed by atoms with E-state index in [4.69, 9.17) is 11.2 Å². The number of carbonyl (C=O) groups excluding carboxylic acids is 2. The third-order valence-corrected chi connectivity index (χ3v) is 2.66. The predicted octanol–water partition coefficient (Wildman–Crippen LogP) is 0.234. The third kappa shape index (κ3) is 1.87. The molecular weight excluding hydrogens is 208 g/mol. The smallest absolute Gasteiger partial charge is 0.412 e. The number of rotatable bonds is 2. The highest BCUT2D eigenvalue weighted by atomic mass is 16.6. The van der Waals surface area contributed by atoms with E-state index in [0.717, 1.165) is 12.8 Å². The zero-order valence-electron chi connectivity index (χ0n) is 8.73. The Labute approximate surface area is 93.4 Å². The fourth-order valence-electron chi connectivity index (χ4n) is 1.95. The van der Waals surface area contributed by atoms with Crippen LogP contribution in [0.15, 0.2) is 11.8 Å². The van der Waals surface area contributed by atoms with Crippen molar-refractivity contribution < 1.29 is 14.3 Å². The monoisotopic (exact) mass is 220 g/mol. The van der Waals surface area contributed by atoms with Crippen LogP contribution in [0.3, 0.4) is 0 Å². The quantitative estimate of drug-likeness (QED) is 0.535. The highest BCUT2D eigenvalue weighted by molar-refractivity contribution is 5.89. The summed E-state index contributed by atoms with van der Waals surface area (Å²) in [7, 11) is 0. The number of hydrogen-bond donors (Lipinski definition) is 1. The summed E-state index contributed by atoms with van der Waals surface area (Å²) in [4.78, 5) is 24.4. The molecule has 0 bridgehead atoms. The van der Waals surface area contributed by atoms with Gasteiger partial charge in [0.25, 0.3) is 0 Å². The van der Waals surface area contributed by atoms with Crippen molar-refractivity contribution in [2.45, 2.75) is 18.9 Å². The van der Waals surface area contributed by atoms with Gasteiger partial charge in [-0.15, -0.1) is 6.42 Å². The molecular formula is C11H12N2O3. The van der Waals surface area contributed by atoms with Gasteiger partial charge in [0.2, 0.25) is 5.91 Å². The van der Waals surface area contributed by atoms with Crippen LogP contribution in [-0.2, 0) is 9.53 Å². The maximum Gasteiger partial charge on any atom is 0.415 e. The van der Waals surface area contributed by atoms with E-state index in [9.17, 15) is 9.59 Å². The van der Waals surface area contributed by atoms with Crippen molar-refractivity contribution in [1.29, 1.82) is 0 Å². The summed E-state index contributed by atoms with van der Waals surface area (Å²) in [5.41, 5.74) is 0. The van der Waals surface area contributed by atoms with Gasteiger partial charge in [0.1, 0.15) is 5.76 Å². The van der Waals surface area contributed by atoms with Crippen LogP contribution in [0.2, 0.25) is 0 Å². The molecule has 0 aromatic heterocycles. The second kappa shape index (κ2) is 4.27. The lowest BCUT2D eigenvalue weighted by Crippen LogP contribution is -2.27. The van der Waals surface area contributed by atoms with Gasteiger partial charge in [0, 0.05) is 12.6 Å². The molecule has 2 heterocycles. The number of nitrogens with one attached hydrogen (secondary N) is 1. The zero-order valence-corrected chi connectivity index (χ0v) is 8.73. The normalized spacial score (nSPS) is 25.2. The van der Waals surface area contributed by atoms with Crippen LogP contribution >= 0.6 is 0 Å². The van der Waals surface area contributed by atoms with Crippen molar-refractivity contribution in [1.82, 2.24) is 10.2 Å². The predicted molar refractivity (Wildman–Crippen MR) is 56.1 cm³/mol. The molecule has 5 heteroatoms. The van der Waals surface area contributed by atoms with E-state index in [-0.39, 0.29) is 24.6 Å². The van der Waals surface area contributed by atoms with Gasteiger partial charge in [-0.05, 0) is 12.8 Å². The molecule has 0 unspecified atom stereocenters. The van der Waals surface area contributed by atoms with Gasteiger partial charge in [-0.3, -0.25) is 9.69 Å². The second-order valence-corrected chi connectivity index (χ2v) is 3.69. The summed E-state index contributed by atoms with van der Waals surface area (Å²) in [5, 5.41) is 2.49. The van der Waals surface area contributed by atoms with Crippen molar-refractivity contribution in [3.8, 4) is 12.3 Å².